The van der Waals surface area contributed by atoms with Crippen molar-refractivity contribution < 1.29 is 19.8 Å². The zero-order valence-electron chi connectivity index (χ0n) is 16.3. The van der Waals surface area contributed by atoms with E-state index in [-0.39, 0.29) is 19.3 Å². The highest BCUT2D eigenvalue weighted by molar-refractivity contribution is 5.99. The Morgan fingerprint density at radius 2 is 0.966 bits per heavy atom. The third-order valence-corrected chi connectivity index (χ3v) is 4.63. The summed E-state index contributed by atoms with van der Waals surface area (Å²) in [6, 6.07) is 0. The topological polar surface area (TPSA) is 163 Å². The second kappa shape index (κ2) is 7.73. The summed E-state index contributed by atoms with van der Waals surface area (Å²) in [5.74, 6) is -3.13. The smallest absolute Gasteiger partial charge is 0.333 e. The quantitative estimate of drug-likeness (QED) is 0.525. The van der Waals surface area contributed by atoms with Crippen molar-refractivity contribution in [2.24, 2.45) is 28.2 Å². The van der Waals surface area contributed by atoms with E-state index in [1.165, 1.54) is 14.1 Å². The molecule has 0 radical (unpaired) electrons. The summed E-state index contributed by atoms with van der Waals surface area (Å²) in [6.45, 7) is 0. The van der Waals surface area contributed by atoms with Gasteiger partial charge in [-0.15, -0.1) is 0 Å². The molecule has 0 aliphatic carbocycles. The van der Waals surface area contributed by atoms with Crippen molar-refractivity contribution in [3.63, 3.8) is 0 Å². The average Bonchev–Trinajstić information content (AvgIpc) is 2.68. The highest BCUT2D eigenvalue weighted by Gasteiger charge is 2.24. The molecule has 0 fully saturated rings. The van der Waals surface area contributed by atoms with Crippen molar-refractivity contribution >= 4 is 11.6 Å². The first-order chi connectivity index (χ1) is 13.4. The van der Waals surface area contributed by atoms with Crippen LogP contribution in [0.25, 0.3) is 0 Å². The molecule has 0 saturated heterocycles. The molecule has 0 spiro atoms. The number of rotatable bonds is 6. The number of carbonyl (C=O) groups excluding carboxylic acids is 2. The van der Waals surface area contributed by atoms with E-state index in [1.807, 2.05) is 0 Å². The molecule has 29 heavy (non-hydrogen) atoms. The molecule has 156 valence electrons. The molecule has 12 heteroatoms. The number of aromatic nitrogens is 4. The summed E-state index contributed by atoms with van der Waals surface area (Å²) in [5.41, 5.74) is -4.70. The predicted molar refractivity (Wildman–Crippen MR) is 99.7 cm³/mol. The molecule has 2 rings (SSSR count). The third kappa shape index (κ3) is 3.56. The van der Waals surface area contributed by atoms with Gasteiger partial charge in [0.25, 0.3) is 11.1 Å². The van der Waals surface area contributed by atoms with Crippen molar-refractivity contribution in [1.29, 1.82) is 0 Å². The lowest BCUT2D eigenvalue weighted by Gasteiger charge is -2.10. The van der Waals surface area contributed by atoms with Crippen LogP contribution in [0.4, 0.5) is 0 Å². The van der Waals surface area contributed by atoms with E-state index in [2.05, 4.69) is 0 Å². The molecule has 0 bridgehead atoms. The maximum atomic E-state index is 12.3. The normalized spacial score (nSPS) is 10.9. The van der Waals surface area contributed by atoms with Gasteiger partial charge in [-0.05, 0) is 6.42 Å². The Labute approximate surface area is 162 Å². The minimum absolute atomic E-state index is 0.103. The second-order valence-corrected chi connectivity index (χ2v) is 6.51. The zero-order chi connectivity index (χ0) is 22.2. The number of hydrogen-bond acceptors (Lipinski definition) is 8. The largest absolute Gasteiger partial charge is 0.494 e. The lowest BCUT2D eigenvalue weighted by molar-refractivity contribution is 0.0950. The molecule has 0 aromatic carbocycles. The Bertz CT molecular complexity index is 1160. The summed E-state index contributed by atoms with van der Waals surface area (Å²) in [6.07, 6.45) is -0.770. The first kappa shape index (κ1) is 21.6. The second-order valence-electron chi connectivity index (χ2n) is 6.51. The Kier molecular flexibility index (Phi) is 5.76. The number of nitrogens with zero attached hydrogens (tertiary/aromatic N) is 4. The van der Waals surface area contributed by atoms with Gasteiger partial charge in [-0.3, -0.25) is 37.4 Å². The van der Waals surface area contributed by atoms with Gasteiger partial charge in [0.1, 0.15) is 11.1 Å². The maximum absolute atomic E-state index is 12.3. The molecule has 2 aromatic rings. The molecule has 2 heterocycles. The van der Waals surface area contributed by atoms with E-state index in [1.54, 1.807) is 0 Å². The van der Waals surface area contributed by atoms with E-state index in [9.17, 15) is 39.0 Å². The van der Waals surface area contributed by atoms with E-state index in [0.29, 0.717) is 9.13 Å². The standard InChI is InChI=1S/C17H20N4O8/c1-18-12(24)10(13(25)19(2)16(18)28)8(22)6-5-7-9(23)11-14(26)20(3)17(29)21(4)15(11)27/h24,26H,5-7H2,1-4H3. The van der Waals surface area contributed by atoms with Crippen molar-refractivity contribution in [3.8, 4) is 11.8 Å². The lowest BCUT2D eigenvalue weighted by atomic mass is 10.0. The molecule has 2 N–H and O–H groups in total. The minimum atomic E-state index is -0.966. The molecule has 0 saturated carbocycles. The summed E-state index contributed by atoms with van der Waals surface area (Å²) < 4.78 is 2.83. The van der Waals surface area contributed by atoms with Gasteiger partial charge < -0.3 is 10.2 Å². The number of hydrogen-bond donors (Lipinski definition) is 2. The molecule has 0 aliphatic heterocycles. The number of ketones is 2. The number of carbonyl (C=O) groups is 2. The van der Waals surface area contributed by atoms with Crippen LogP contribution in [0.15, 0.2) is 19.2 Å². The van der Waals surface area contributed by atoms with E-state index in [0.717, 1.165) is 23.2 Å². The summed E-state index contributed by atoms with van der Waals surface area (Å²) in [7, 11) is 4.69. The van der Waals surface area contributed by atoms with Gasteiger partial charge in [-0.2, -0.15) is 0 Å². The Morgan fingerprint density at radius 3 is 1.28 bits per heavy atom. The van der Waals surface area contributed by atoms with Crippen LogP contribution in [-0.4, -0.2) is 40.0 Å². The van der Waals surface area contributed by atoms with Crippen molar-refractivity contribution in [2.45, 2.75) is 19.3 Å². The van der Waals surface area contributed by atoms with Gasteiger partial charge in [0, 0.05) is 41.0 Å². The van der Waals surface area contributed by atoms with Crippen LogP contribution in [0.3, 0.4) is 0 Å². The monoisotopic (exact) mass is 408 g/mol. The number of aromatic hydroxyl groups is 2. The van der Waals surface area contributed by atoms with Crippen molar-refractivity contribution in [3.05, 3.63) is 52.8 Å². The van der Waals surface area contributed by atoms with Crippen LogP contribution in [-0.2, 0) is 28.2 Å². The molecule has 2 aromatic heterocycles. The lowest BCUT2D eigenvalue weighted by Crippen LogP contribution is -2.40. The first-order valence-corrected chi connectivity index (χ1v) is 8.46. The minimum Gasteiger partial charge on any atom is -0.494 e. The average molecular weight is 408 g/mol. The SMILES string of the molecule is Cn1c(O)c(C(=O)CCCC(=O)c2c(O)n(C)c(=O)n(C)c2=O)c(=O)n(C)c1=O. The molecule has 0 unspecified atom stereocenters. The summed E-state index contributed by atoms with van der Waals surface area (Å²) >= 11 is 0. The van der Waals surface area contributed by atoms with E-state index in [4.69, 9.17) is 0 Å². The van der Waals surface area contributed by atoms with Crippen LogP contribution in [0.5, 0.6) is 11.8 Å². The molecule has 0 aliphatic rings. The summed E-state index contributed by atoms with van der Waals surface area (Å²) in [4.78, 5) is 72.4. The fraction of sp³-hybridized carbons (Fsp3) is 0.412. The van der Waals surface area contributed by atoms with E-state index < -0.39 is 57.0 Å². The number of Topliss-reactive ketones (excluding diaryl/α,β-unsaturated/α-hetero) is 2. The zero-order valence-corrected chi connectivity index (χ0v) is 16.3. The van der Waals surface area contributed by atoms with Gasteiger partial charge in [0.05, 0.1) is 0 Å². The predicted octanol–water partition coefficient (Wildman–Crippen LogP) is -1.87. The summed E-state index contributed by atoms with van der Waals surface area (Å²) in [5, 5.41) is 19.9. The molecule has 12 nitrogen and oxygen atoms in total. The van der Waals surface area contributed by atoms with Gasteiger partial charge in [0.15, 0.2) is 11.6 Å². The Balaban J connectivity index is 2.25. The first-order valence-electron chi connectivity index (χ1n) is 8.46. The van der Waals surface area contributed by atoms with Crippen LogP contribution in [0.1, 0.15) is 40.0 Å². The molecule has 0 amide bonds. The van der Waals surface area contributed by atoms with Crippen LogP contribution < -0.4 is 22.5 Å². The molecular weight excluding hydrogens is 388 g/mol. The highest BCUT2D eigenvalue weighted by atomic mass is 16.3. The maximum Gasteiger partial charge on any atom is 0.333 e. The Hall–Kier alpha value is -3.70. The highest BCUT2D eigenvalue weighted by Crippen LogP contribution is 2.16. The van der Waals surface area contributed by atoms with Gasteiger partial charge in [0.2, 0.25) is 11.8 Å². The third-order valence-electron chi connectivity index (χ3n) is 4.63. The van der Waals surface area contributed by atoms with Crippen LogP contribution in [0, 0.1) is 0 Å². The van der Waals surface area contributed by atoms with Crippen LogP contribution in [0.2, 0.25) is 0 Å². The van der Waals surface area contributed by atoms with Crippen molar-refractivity contribution in [1.82, 2.24) is 18.3 Å². The molecule has 0 atom stereocenters. The van der Waals surface area contributed by atoms with E-state index >= 15 is 0 Å². The van der Waals surface area contributed by atoms with Crippen molar-refractivity contribution in [2.75, 3.05) is 0 Å². The van der Waals surface area contributed by atoms with Gasteiger partial charge >= 0.3 is 11.4 Å². The Morgan fingerprint density at radius 1 is 0.655 bits per heavy atom. The van der Waals surface area contributed by atoms with Crippen LogP contribution >= 0.6 is 0 Å². The molecular formula is C17H20N4O8. The fourth-order valence-electron chi connectivity index (χ4n) is 2.81. The fourth-order valence-corrected chi connectivity index (χ4v) is 2.81. The van der Waals surface area contributed by atoms with Gasteiger partial charge in [-0.1, -0.05) is 0 Å². The van der Waals surface area contributed by atoms with Gasteiger partial charge in [-0.25, -0.2) is 9.59 Å².